The number of anilines is 2. The molecular formula is C14H19ClFN3. The topological polar surface area (TPSA) is 41.3 Å². The van der Waals surface area contributed by atoms with Crippen LogP contribution in [-0.4, -0.2) is 30.1 Å². The second-order valence-electron chi connectivity index (χ2n) is 5.49. The van der Waals surface area contributed by atoms with Crippen LogP contribution in [0.3, 0.4) is 0 Å². The Hall–Kier alpha value is -1.00. The Kier molecular flexibility index (Phi) is 3.54. The number of nitrogens with two attached hydrogens (primary N) is 1. The predicted molar refractivity (Wildman–Crippen MR) is 77.1 cm³/mol. The molecule has 2 saturated heterocycles. The van der Waals surface area contributed by atoms with Gasteiger partial charge in [0.05, 0.1) is 16.4 Å². The van der Waals surface area contributed by atoms with Crippen molar-refractivity contribution < 1.29 is 4.39 Å². The van der Waals surface area contributed by atoms with Crippen LogP contribution >= 0.6 is 11.6 Å². The highest BCUT2D eigenvalue weighted by molar-refractivity contribution is 6.31. The van der Waals surface area contributed by atoms with Crippen molar-refractivity contribution >= 4 is 23.0 Å². The van der Waals surface area contributed by atoms with E-state index >= 15 is 0 Å². The zero-order valence-electron chi connectivity index (χ0n) is 10.8. The average molecular weight is 284 g/mol. The molecule has 2 aliphatic heterocycles. The highest BCUT2D eigenvalue weighted by atomic mass is 35.5. The highest BCUT2D eigenvalue weighted by Crippen LogP contribution is 2.32. The lowest BCUT2D eigenvalue weighted by Crippen LogP contribution is -2.41. The SMILES string of the molecule is Nc1cc(Cl)c(F)cc1NC1CCN2CCCCC12. The maximum Gasteiger partial charge on any atom is 0.143 e. The van der Waals surface area contributed by atoms with Gasteiger partial charge in [0, 0.05) is 24.7 Å². The lowest BCUT2D eigenvalue weighted by Gasteiger charge is -2.33. The zero-order valence-corrected chi connectivity index (χ0v) is 11.6. The smallest absolute Gasteiger partial charge is 0.143 e. The van der Waals surface area contributed by atoms with E-state index in [2.05, 4.69) is 10.2 Å². The van der Waals surface area contributed by atoms with Crippen LogP contribution < -0.4 is 11.1 Å². The molecule has 0 amide bonds. The monoisotopic (exact) mass is 283 g/mol. The van der Waals surface area contributed by atoms with Crippen LogP contribution in [0.1, 0.15) is 25.7 Å². The van der Waals surface area contributed by atoms with Gasteiger partial charge in [0.15, 0.2) is 0 Å². The standard InChI is InChI=1S/C14H19ClFN3/c15-9-7-11(17)13(8-10(9)16)18-12-4-6-19-5-2-1-3-14(12)19/h7-8,12,14,18H,1-6,17H2. The quantitative estimate of drug-likeness (QED) is 0.820. The number of piperidine rings is 1. The number of hydrogen-bond donors (Lipinski definition) is 2. The van der Waals surface area contributed by atoms with E-state index in [0.29, 0.717) is 23.5 Å². The van der Waals surface area contributed by atoms with E-state index in [4.69, 9.17) is 17.3 Å². The molecule has 0 spiro atoms. The van der Waals surface area contributed by atoms with Gasteiger partial charge in [-0.2, -0.15) is 0 Å². The number of hydrogen-bond acceptors (Lipinski definition) is 3. The summed E-state index contributed by atoms with van der Waals surface area (Å²) in [6.45, 7) is 2.31. The van der Waals surface area contributed by atoms with E-state index in [0.717, 1.165) is 13.0 Å². The molecule has 5 heteroatoms. The van der Waals surface area contributed by atoms with Gasteiger partial charge in [0.25, 0.3) is 0 Å². The van der Waals surface area contributed by atoms with Gasteiger partial charge in [-0.15, -0.1) is 0 Å². The van der Waals surface area contributed by atoms with Crippen molar-refractivity contribution in [1.29, 1.82) is 0 Å². The van der Waals surface area contributed by atoms with Crippen LogP contribution in [0.25, 0.3) is 0 Å². The number of nitrogens with zero attached hydrogens (tertiary/aromatic N) is 1. The van der Waals surface area contributed by atoms with Crippen molar-refractivity contribution in [3.05, 3.63) is 23.0 Å². The lowest BCUT2D eigenvalue weighted by atomic mass is 9.99. The van der Waals surface area contributed by atoms with E-state index in [-0.39, 0.29) is 5.02 Å². The van der Waals surface area contributed by atoms with Crippen LogP contribution in [-0.2, 0) is 0 Å². The molecule has 1 aromatic rings. The second-order valence-corrected chi connectivity index (χ2v) is 5.90. The van der Waals surface area contributed by atoms with Crippen molar-refractivity contribution in [2.75, 3.05) is 24.1 Å². The summed E-state index contributed by atoms with van der Waals surface area (Å²) in [6.07, 6.45) is 4.88. The summed E-state index contributed by atoms with van der Waals surface area (Å²) >= 11 is 5.72. The summed E-state index contributed by atoms with van der Waals surface area (Å²) in [6, 6.07) is 3.81. The lowest BCUT2D eigenvalue weighted by molar-refractivity contribution is 0.193. The molecule has 0 bridgehead atoms. The van der Waals surface area contributed by atoms with E-state index in [1.165, 1.54) is 37.9 Å². The van der Waals surface area contributed by atoms with Crippen molar-refractivity contribution in [3.8, 4) is 0 Å². The Morgan fingerprint density at radius 2 is 2.11 bits per heavy atom. The summed E-state index contributed by atoms with van der Waals surface area (Å²) in [5.74, 6) is -0.420. The molecule has 2 atom stereocenters. The third kappa shape index (κ3) is 2.51. The van der Waals surface area contributed by atoms with Crippen LogP contribution in [0.2, 0.25) is 5.02 Å². The van der Waals surface area contributed by atoms with Gasteiger partial charge < -0.3 is 11.1 Å². The molecule has 3 N–H and O–H groups in total. The third-order valence-corrected chi connectivity index (χ3v) is 4.58. The van der Waals surface area contributed by atoms with E-state index < -0.39 is 5.82 Å². The fourth-order valence-electron chi connectivity index (χ4n) is 3.30. The van der Waals surface area contributed by atoms with Crippen LogP contribution in [0.5, 0.6) is 0 Å². The Bertz CT molecular complexity index is 480. The van der Waals surface area contributed by atoms with E-state index in [1.807, 2.05) is 0 Å². The van der Waals surface area contributed by atoms with Gasteiger partial charge in [0.2, 0.25) is 0 Å². The maximum absolute atomic E-state index is 13.5. The van der Waals surface area contributed by atoms with Crippen molar-refractivity contribution in [3.63, 3.8) is 0 Å². The number of fused-ring (bicyclic) bond motifs is 1. The van der Waals surface area contributed by atoms with Gasteiger partial charge >= 0.3 is 0 Å². The average Bonchev–Trinajstić information content (AvgIpc) is 2.80. The van der Waals surface area contributed by atoms with Crippen molar-refractivity contribution in [1.82, 2.24) is 4.90 Å². The van der Waals surface area contributed by atoms with Gasteiger partial charge in [-0.3, -0.25) is 4.90 Å². The molecule has 2 aliphatic rings. The summed E-state index contributed by atoms with van der Waals surface area (Å²) in [4.78, 5) is 2.53. The van der Waals surface area contributed by atoms with Crippen LogP contribution in [0.15, 0.2) is 12.1 Å². The maximum atomic E-state index is 13.5. The Labute approximate surface area is 117 Å². The van der Waals surface area contributed by atoms with Crippen LogP contribution in [0.4, 0.5) is 15.8 Å². The molecule has 0 aromatic heterocycles. The van der Waals surface area contributed by atoms with Gasteiger partial charge in [-0.05, 0) is 31.9 Å². The van der Waals surface area contributed by atoms with Crippen molar-refractivity contribution in [2.24, 2.45) is 0 Å². The molecule has 19 heavy (non-hydrogen) atoms. The first-order valence-corrected chi connectivity index (χ1v) is 7.28. The summed E-state index contributed by atoms with van der Waals surface area (Å²) in [5.41, 5.74) is 7.09. The molecule has 0 saturated carbocycles. The highest BCUT2D eigenvalue weighted by Gasteiger charge is 2.35. The summed E-state index contributed by atoms with van der Waals surface area (Å²) in [7, 11) is 0. The summed E-state index contributed by atoms with van der Waals surface area (Å²) in [5, 5.41) is 3.49. The Morgan fingerprint density at radius 1 is 1.26 bits per heavy atom. The number of nitrogens with one attached hydrogen (secondary N) is 1. The fourth-order valence-corrected chi connectivity index (χ4v) is 3.47. The third-order valence-electron chi connectivity index (χ3n) is 4.29. The number of benzene rings is 1. The first-order valence-electron chi connectivity index (χ1n) is 6.90. The number of rotatable bonds is 2. The molecule has 3 rings (SSSR count). The van der Waals surface area contributed by atoms with Crippen LogP contribution in [0, 0.1) is 5.82 Å². The molecule has 104 valence electrons. The molecule has 0 aliphatic carbocycles. The molecule has 2 unspecified atom stereocenters. The van der Waals surface area contributed by atoms with Gasteiger partial charge in [-0.1, -0.05) is 18.0 Å². The van der Waals surface area contributed by atoms with E-state index in [9.17, 15) is 4.39 Å². The minimum absolute atomic E-state index is 0.0776. The van der Waals surface area contributed by atoms with Gasteiger partial charge in [0.1, 0.15) is 5.82 Å². The molecule has 1 aromatic carbocycles. The molecule has 0 radical (unpaired) electrons. The largest absolute Gasteiger partial charge is 0.397 e. The fraction of sp³-hybridized carbons (Fsp3) is 0.571. The minimum atomic E-state index is -0.420. The van der Waals surface area contributed by atoms with E-state index in [1.54, 1.807) is 0 Å². The first-order chi connectivity index (χ1) is 9.15. The molecule has 2 heterocycles. The first kappa shape index (κ1) is 13.0. The zero-order chi connectivity index (χ0) is 13.4. The Morgan fingerprint density at radius 3 is 2.95 bits per heavy atom. The number of nitrogen functional groups attached to an aromatic ring is 1. The Balaban J connectivity index is 1.76. The minimum Gasteiger partial charge on any atom is -0.397 e. The molecular weight excluding hydrogens is 265 g/mol. The van der Waals surface area contributed by atoms with Gasteiger partial charge in [-0.25, -0.2) is 4.39 Å². The predicted octanol–water partition coefficient (Wildman–Crippen LogP) is 3.10. The second kappa shape index (κ2) is 5.17. The summed E-state index contributed by atoms with van der Waals surface area (Å²) < 4.78 is 13.5. The normalized spacial score (nSPS) is 27.3. The number of halogens is 2. The van der Waals surface area contributed by atoms with Crippen molar-refractivity contribution in [2.45, 2.75) is 37.8 Å². The molecule has 3 nitrogen and oxygen atoms in total. The molecule has 2 fully saturated rings.